The van der Waals surface area contributed by atoms with Crippen LogP contribution in [0.1, 0.15) is 33.6 Å². The third-order valence-corrected chi connectivity index (χ3v) is 4.22. The molecule has 1 unspecified atom stereocenters. The topological polar surface area (TPSA) is 47.9 Å². The molecule has 0 aromatic rings. The average molecular weight is 240 g/mol. The Labute approximate surface area is 102 Å². The summed E-state index contributed by atoms with van der Waals surface area (Å²) in [5, 5.41) is 10.1. The molecule has 0 aromatic carbocycles. The average Bonchev–Trinajstić information content (AvgIpc) is 2.81. The molecular weight excluding hydrogens is 220 g/mol. The van der Waals surface area contributed by atoms with Gasteiger partial charge in [0.15, 0.2) is 12.1 Å². The van der Waals surface area contributed by atoms with Gasteiger partial charge in [-0.3, -0.25) is 0 Å². The molecule has 0 saturated carbocycles. The molecule has 4 nitrogen and oxygen atoms in total. The number of rotatable bonds is 0. The molecule has 3 rings (SSSR count). The van der Waals surface area contributed by atoms with Crippen molar-refractivity contribution in [2.45, 2.75) is 63.5 Å². The second-order valence-electron chi connectivity index (χ2n) is 5.81. The first-order chi connectivity index (χ1) is 7.94. The van der Waals surface area contributed by atoms with Gasteiger partial charge in [0.05, 0.1) is 11.7 Å². The largest absolute Gasteiger partial charge is 0.366 e. The first kappa shape index (κ1) is 11.7. The summed E-state index contributed by atoms with van der Waals surface area (Å²) in [5.74, 6) is -0.418. The Morgan fingerprint density at radius 1 is 1.06 bits per heavy atom. The first-order valence-electron chi connectivity index (χ1n) is 6.30. The van der Waals surface area contributed by atoms with Gasteiger partial charge < -0.3 is 19.3 Å². The van der Waals surface area contributed by atoms with E-state index < -0.39 is 12.1 Å². The zero-order valence-corrected chi connectivity index (χ0v) is 10.6. The molecule has 2 saturated heterocycles. The molecule has 0 amide bonds. The molecule has 0 bridgehead atoms. The predicted octanol–water partition coefficient (Wildman–Crippen LogP) is 1.58. The van der Waals surface area contributed by atoms with Crippen LogP contribution in [0.25, 0.3) is 0 Å². The molecule has 96 valence electrons. The summed E-state index contributed by atoms with van der Waals surface area (Å²) in [6.45, 7) is 5.88. The Hall–Kier alpha value is -0.420. The monoisotopic (exact) mass is 240 g/mol. The van der Waals surface area contributed by atoms with Gasteiger partial charge in [-0.2, -0.15) is 0 Å². The molecule has 0 aromatic heterocycles. The van der Waals surface area contributed by atoms with Crippen molar-refractivity contribution in [2.24, 2.45) is 5.92 Å². The molecular formula is C13H20O4. The third kappa shape index (κ3) is 1.66. The lowest BCUT2D eigenvalue weighted by Crippen LogP contribution is -2.58. The van der Waals surface area contributed by atoms with Gasteiger partial charge in [0.25, 0.3) is 0 Å². The molecule has 2 fully saturated rings. The van der Waals surface area contributed by atoms with Crippen molar-refractivity contribution in [1.82, 2.24) is 0 Å². The maximum atomic E-state index is 10.1. The highest BCUT2D eigenvalue weighted by molar-refractivity contribution is 5.12. The van der Waals surface area contributed by atoms with Gasteiger partial charge in [-0.05, 0) is 26.7 Å². The lowest BCUT2D eigenvalue weighted by atomic mass is 9.78. The molecule has 3 aliphatic rings. The van der Waals surface area contributed by atoms with Crippen molar-refractivity contribution in [3.05, 3.63) is 12.2 Å². The van der Waals surface area contributed by atoms with Crippen molar-refractivity contribution < 1.29 is 19.3 Å². The number of aliphatic hydroxyl groups is 1. The number of hydrogen-bond acceptors (Lipinski definition) is 4. The summed E-state index contributed by atoms with van der Waals surface area (Å²) in [5.41, 5.74) is -0.301. The van der Waals surface area contributed by atoms with Gasteiger partial charge in [0.1, 0.15) is 6.10 Å². The van der Waals surface area contributed by atoms with Crippen LogP contribution in [0.5, 0.6) is 0 Å². The Kier molecular flexibility index (Phi) is 2.43. The highest BCUT2D eigenvalue weighted by Crippen LogP contribution is 2.48. The van der Waals surface area contributed by atoms with E-state index in [-0.39, 0.29) is 23.7 Å². The van der Waals surface area contributed by atoms with Gasteiger partial charge in [-0.25, -0.2) is 0 Å². The van der Waals surface area contributed by atoms with E-state index in [1.165, 1.54) is 0 Å². The van der Waals surface area contributed by atoms with Crippen molar-refractivity contribution in [2.75, 3.05) is 0 Å². The molecule has 4 heteroatoms. The summed E-state index contributed by atoms with van der Waals surface area (Å²) >= 11 is 0. The highest BCUT2D eigenvalue weighted by Gasteiger charge is 2.58. The van der Waals surface area contributed by atoms with Crippen LogP contribution in [-0.2, 0) is 14.2 Å². The molecule has 17 heavy (non-hydrogen) atoms. The Bertz CT molecular complexity index is 341. The molecule has 1 spiro atoms. The fourth-order valence-corrected chi connectivity index (χ4v) is 3.26. The van der Waals surface area contributed by atoms with Crippen LogP contribution in [0, 0.1) is 5.92 Å². The Morgan fingerprint density at radius 2 is 1.65 bits per heavy atom. The lowest BCUT2D eigenvalue weighted by molar-refractivity contribution is -0.280. The first-order valence-corrected chi connectivity index (χ1v) is 6.30. The van der Waals surface area contributed by atoms with Gasteiger partial charge in [0, 0.05) is 5.92 Å². The SMILES string of the molecule is C[C@@H]1[C@H]2OC(C)(C)O[C@H]2C(O)OC12CC=CC2. The normalized spacial score (nSPS) is 46.4. The lowest BCUT2D eigenvalue weighted by Gasteiger charge is -2.46. The smallest absolute Gasteiger partial charge is 0.184 e. The van der Waals surface area contributed by atoms with Crippen molar-refractivity contribution in [3.63, 3.8) is 0 Å². The van der Waals surface area contributed by atoms with Gasteiger partial charge in [-0.15, -0.1) is 0 Å². The molecule has 2 aliphatic heterocycles. The van der Waals surface area contributed by atoms with E-state index in [0.29, 0.717) is 0 Å². The number of fused-ring (bicyclic) bond motifs is 1. The molecule has 4 atom stereocenters. The number of hydrogen-bond donors (Lipinski definition) is 1. The van der Waals surface area contributed by atoms with Crippen LogP contribution in [0.3, 0.4) is 0 Å². The minimum Gasteiger partial charge on any atom is -0.366 e. The van der Waals surface area contributed by atoms with E-state index in [4.69, 9.17) is 14.2 Å². The van der Waals surface area contributed by atoms with Crippen molar-refractivity contribution in [3.8, 4) is 0 Å². The summed E-state index contributed by atoms with van der Waals surface area (Å²) in [6, 6.07) is 0. The van der Waals surface area contributed by atoms with Crippen LogP contribution < -0.4 is 0 Å². The fourth-order valence-electron chi connectivity index (χ4n) is 3.26. The Morgan fingerprint density at radius 3 is 2.29 bits per heavy atom. The second kappa shape index (κ2) is 3.54. The highest BCUT2D eigenvalue weighted by atomic mass is 16.8. The van der Waals surface area contributed by atoms with Crippen LogP contribution in [0.15, 0.2) is 12.2 Å². The van der Waals surface area contributed by atoms with E-state index in [0.717, 1.165) is 12.8 Å². The molecule has 2 heterocycles. The van der Waals surface area contributed by atoms with Crippen LogP contribution in [0.2, 0.25) is 0 Å². The van der Waals surface area contributed by atoms with Crippen LogP contribution >= 0.6 is 0 Å². The van der Waals surface area contributed by atoms with E-state index in [9.17, 15) is 5.11 Å². The zero-order valence-electron chi connectivity index (χ0n) is 10.6. The number of ether oxygens (including phenoxy) is 3. The van der Waals surface area contributed by atoms with Gasteiger partial charge in [-0.1, -0.05) is 19.1 Å². The molecule has 0 radical (unpaired) electrons. The molecule has 1 N–H and O–H groups in total. The second-order valence-corrected chi connectivity index (χ2v) is 5.81. The molecule has 1 aliphatic carbocycles. The summed E-state index contributed by atoms with van der Waals surface area (Å²) < 4.78 is 17.5. The maximum Gasteiger partial charge on any atom is 0.184 e. The van der Waals surface area contributed by atoms with Crippen molar-refractivity contribution in [1.29, 1.82) is 0 Å². The fraction of sp³-hybridized carbons (Fsp3) is 0.846. The van der Waals surface area contributed by atoms with Crippen molar-refractivity contribution >= 4 is 0 Å². The van der Waals surface area contributed by atoms with Gasteiger partial charge in [0.2, 0.25) is 0 Å². The number of aliphatic hydroxyl groups excluding tert-OH is 1. The maximum absolute atomic E-state index is 10.1. The summed E-state index contributed by atoms with van der Waals surface area (Å²) in [6.07, 6.45) is 4.57. The zero-order chi connectivity index (χ0) is 12.3. The minimum atomic E-state index is -0.891. The summed E-state index contributed by atoms with van der Waals surface area (Å²) in [7, 11) is 0. The Balaban J connectivity index is 1.88. The third-order valence-electron chi connectivity index (χ3n) is 4.22. The predicted molar refractivity (Wildman–Crippen MR) is 61.2 cm³/mol. The summed E-state index contributed by atoms with van der Waals surface area (Å²) in [4.78, 5) is 0. The standard InChI is InChI=1S/C13H20O4/c1-8-9-10(16-12(2,3)15-9)11(14)17-13(8)6-4-5-7-13/h4-5,8-11,14H,6-7H2,1-3H3/t8-,9-,10-,11?/m1/s1. The van der Waals surface area contributed by atoms with Crippen LogP contribution in [0.4, 0.5) is 0 Å². The van der Waals surface area contributed by atoms with Gasteiger partial charge >= 0.3 is 0 Å². The van der Waals surface area contributed by atoms with E-state index in [1.54, 1.807) is 0 Å². The quantitative estimate of drug-likeness (QED) is 0.653. The minimum absolute atomic E-state index is 0.0892. The van der Waals surface area contributed by atoms with E-state index >= 15 is 0 Å². The van der Waals surface area contributed by atoms with E-state index in [2.05, 4.69) is 19.1 Å². The van der Waals surface area contributed by atoms with E-state index in [1.807, 2.05) is 13.8 Å². The van der Waals surface area contributed by atoms with Crippen LogP contribution in [-0.4, -0.2) is 35.0 Å².